The maximum atomic E-state index is 14.1. The molecule has 22 nitrogen and oxygen atoms in total. The number of sulfonamides is 1. The number of ether oxygens (including phenoxy) is 6. The van der Waals surface area contributed by atoms with E-state index in [-0.39, 0.29) is 63.7 Å². The predicted octanol–water partition coefficient (Wildman–Crippen LogP) is 6.93. The molecule has 69 heavy (non-hydrogen) atoms. The fourth-order valence-corrected chi connectivity index (χ4v) is 6.97. The normalized spacial score (nSPS) is 12.0. The van der Waals surface area contributed by atoms with Crippen LogP contribution in [0, 0.1) is 0 Å². The fraction of sp³-hybridized carbons (Fsp3) is 0.239. The Morgan fingerprint density at radius 1 is 0.710 bits per heavy atom. The minimum absolute atomic E-state index is 0.0342. The smallest absolute Gasteiger partial charge is 0.338 e. The number of methoxy groups -OCH3 is 2. The molecule has 6 rings (SSSR count). The molecule has 23 heteroatoms. The van der Waals surface area contributed by atoms with Gasteiger partial charge in [-0.1, -0.05) is 63.2 Å². The average molecular weight is 973 g/mol. The van der Waals surface area contributed by atoms with E-state index in [1.807, 2.05) is 20.8 Å². The number of rotatable bonds is 22. The summed E-state index contributed by atoms with van der Waals surface area (Å²) in [5, 5.41) is 34.3. The van der Waals surface area contributed by atoms with Gasteiger partial charge >= 0.3 is 11.9 Å². The average Bonchev–Trinajstić information content (AvgIpc) is 3.34. The van der Waals surface area contributed by atoms with Crippen LogP contribution in [-0.2, 0) is 47.8 Å². The molecule has 0 aliphatic heterocycles. The van der Waals surface area contributed by atoms with Crippen molar-refractivity contribution < 1.29 is 76.9 Å². The van der Waals surface area contributed by atoms with Gasteiger partial charge < -0.3 is 28.4 Å². The number of anilines is 1. The molecule has 0 fully saturated rings. The summed E-state index contributed by atoms with van der Waals surface area (Å²) >= 11 is 0. The van der Waals surface area contributed by atoms with Crippen LogP contribution in [0.1, 0.15) is 58.2 Å². The van der Waals surface area contributed by atoms with E-state index in [1.165, 1.54) is 75.0 Å². The highest BCUT2D eigenvalue weighted by atomic mass is 32.2. The molecule has 1 unspecified atom stereocenters. The Hall–Kier alpha value is -7.32. The molecular weight excluding hydrogens is 925 g/mol. The van der Waals surface area contributed by atoms with Crippen molar-refractivity contribution >= 4 is 27.8 Å². The van der Waals surface area contributed by atoms with Crippen LogP contribution in [0.3, 0.4) is 0 Å². The third-order valence-electron chi connectivity index (χ3n) is 9.73. The lowest BCUT2D eigenvalue weighted by atomic mass is 9.88. The van der Waals surface area contributed by atoms with Crippen molar-refractivity contribution in [2.75, 3.05) is 32.2 Å². The third kappa shape index (κ3) is 14.3. The Labute approximate surface area is 395 Å². The molecule has 4 aromatic carbocycles. The molecule has 5 N–H and O–H groups in total. The number of pyridine rings is 1. The molecule has 0 bridgehead atoms. The van der Waals surface area contributed by atoms with Crippen LogP contribution in [0.25, 0.3) is 11.4 Å². The maximum Gasteiger partial charge on any atom is 0.338 e. The molecule has 0 saturated heterocycles. The van der Waals surface area contributed by atoms with Crippen LogP contribution in [0.2, 0.25) is 0 Å². The van der Waals surface area contributed by atoms with E-state index in [4.69, 9.17) is 49.3 Å². The van der Waals surface area contributed by atoms with E-state index in [9.17, 15) is 18.0 Å². The summed E-state index contributed by atoms with van der Waals surface area (Å²) in [5.41, 5.74) is 1.88. The predicted molar refractivity (Wildman–Crippen MR) is 239 cm³/mol. The second-order valence-electron chi connectivity index (χ2n) is 15.6. The molecule has 0 aliphatic rings. The van der Waals surface area contributed by atoms with Crippen molar-refractivity contribution in [2.24, 2.45) is 0 Å². The monoisotopic (exact) mass is 972 g/mol. The molecule has 0 amide bonds. The van der Waals surface area contributed by atoms with E-state index in [2.05, 4.69) is 29.3 Å². The highest BCUT2D eigenvalue weighted by Crippen LogP contribution is 2.42. The molecule has 6 aromatic rings. The molecule has 2 heterocycles. The Kier molecular flexibility index (Phi) is 17.1. The van der Waals surface area contributed by atoms with Gasteiger partial charge in [0, 0.05) is 11.8 Å². The first kappa shape index (κ1) is 51.1. The second-order valence-corrected chi connectivity index (χ2v) is 17.3. The van der Waals surface area contributed by atoms with Crippen molar-refractivity contribution in [1.82, 2.24) is 25.7 Å². The quantitative estimate of drug-likeness (QED) is 0.0340. The van der Waals surface area contributed by atoms with Crippen molar-refractivity contribution in [2.45, 2.75) is 50.5 Å². The van der Waals surface area contributed by atoms with E-state index in [0.717, 1.165) is 5.56 Å². The number of aromatic nitrogens is 3. The van der Waals surface area contributed by atoms with E-state index in [1.54, 1.807) is 54.6 Å². The second kappa shape index (κ2) is 23.1. The highest BCUT2D eigenvalue weighted by molar-refractivity contribution is 7.92. The van der Waals surface area contributed by atoms with Gasteiger partial charge in [-0.05, 0) is 88.8 Å². The largest absolute Gasteiger partial charge is 0.497 e. The lowest BCUT2D eigenvalue weighted by Crippen LogP contribution is -2.31. The van der Waals surface area contributed by atoms with E-state index < -0.39 is 57.9 Å². The number of benzene rings is 4. The highest BCUT2D eigenvalue weighted by Gasteiger charge is 2.29. The van der Waals surface area contributed by atoms with Crippen molar-refractivity contribution in [3.63, 3.8) is 0 Å². The van der Waals surface area contributed by atoms with Gasteiger partial charge in [-0.15, -0.1) is 0 Å². The van der Waals surface area contributed by atoms with Crippen molar-refractivity contribution in [3.8, 4) is 40.3 Å². The Balaban J connectivity index is 1.39. The van der Waals surface area contributed by atoms with Gasteiger partial charge in [-0.2, -0.15) is 13.4 Å². The van der Waals surface area contributed by atoms with Gasteiger partial charge in [0.25, 0.3) is 15.9 Å². The van der Waals surface area contributed by atoms with Gasteiger partial charge in [0.15, 0.2) is 34.3 Å². The Morgan fingerprint density at radius 2 is 1.30 bits per heavy atom. The van der Waals surface area contributed by atoms with Gasteiger partial charge in [0.05, 0.1) is 49.3 Å². The molecule has 0 aliphatic carbocycles. The number of carbonyl (C=O) groups is 2. The van der Waals surface area contributed by atoms with Gasteiger partial charge in [0.2, 0.25) is 5.75 Å². The number of para-hydroxylation sites is 2. The molecule has 364 valence electrons. The number of carbonyl (C=O) groups excluding carboxylic acids is 2. The number of hydrogen-bond donors (Lipinski definition) is 5. The summed E-state index contributed by atoms with van der Waals surface area (Å²) in [6.45, 7) is 4.21. The van der Waals surface area contributed by atoms with Crippen molar-refractivity contribution in [3.05, 3.63) is 143 Å². The Bertz CT molecular complexity index is 2770. The summed E-state index contributed by atoms with van der Waals surface area (Å²) in [7, 11) is -1.61. The van der Waals surface area contributed by atoms with Crippen LogP contribution in [0.15, 0.2) is 120 Å². The van der Waals surface area contributed by atoms with Gasteiger partial charge in [-0.25, -0.2) is 29.2 Å². The maximum absolute atomic E-state index is 14.1. The summed E-state index contributed by atoms with van der Waals surface area (Å²) in [4.78, 5) is 49.7. The molecule has 2 aromatic heterocycles. The molecular formula is C46H48N6O16S. The zero-order chi connectivity index (χ0) is 49.7. The minimum Gasteiger partial charge on any atom is -0.497 e. The van der Waals surface area contributed by atoms with Crippen molar-refractivity contribution in [1.29, 1.82) is 0 Å². The first-order valence-electron chi connectivity index (χ1n) is 20.6. The summed E-state index contributed by atoms with van der Waals surface area (Å²) < 4.78 is 65.7. The first-order valence-corrected chi connectivity index (χ1v) is 22.1. The van der Waals surface area contributed by atoms with Crippen LogP contribution in [0.4, 0.5) is 5.82 Å². The van der Waals surface area contributed by atoms with Gasteiger partial charge in [0.1, 0.15) is 19.0 Å². The summed E-state index contributed by atoms with van der Waals surface area (Å²) in [6.07, 6.45) is 0.0721. The zero-order valence-electron chi connectivity index (χ0n) is 37.7. The summed E-state index contributed by atoms with van der Waals surface area (Å²) in [6, 6.07) is 27.5. The topological polar surface area (TPSA) is 280 Å². The van der Waals surface area contributed by atoms with Crippen LogP contribution in [-0.4, -0.2) is 100 Å². The summed E-state index contributed by atoms with van der Waals surface area (Å²) in [5.74, 6) is -2.07. The standard InChI is InChI=1S/C46H48N6O16S/c1-46(2,3)34-20-23-39(47-24-34)69(59,60)50-42-40(68-38-9-7-6-8-37(38)62-5)43(49-41(48-42)31-18-21-35(61-4)22-19-31)63-27-36(67-45(54)33-16-12-30(13-17-33)26-66-52(57)58)28-64-44(53)32-14-10-29(11-15-32)25-65-51(55)56/h6-24,36,55-58H,25-28H2,1-5H3,(H,48,49,50). The molecule has 0 radical (unpaired) electrons. The molecule has 0 spiro atoms. The lowest BCUT2D eigenvalue weighted by molar-refractivity contribution is -0.497. The minimum atomic E-state index is -4.51. The zero-order valence-corrected chi connectivity index (χ0v) is 38.5. The third-order valence-corrected chi connectivity index (χ3v) is 11.0. The number of nitrogens with one attached hydrogen (secondary N) is 1. The molecule has 0 saturated carbocycles. The molecule has 1 atom stereocenters. The SMILES string of the molecule is COc1ccc(-c2nc(NS(=O)(=O)c3ccc(C(C)(C)C)cn3)c(Oc3ccccc3OC)c(OCC(COC(=O)c3ccc(CON(O)O)cc3)OC(=O)c3ccc(CON(O)O)cc3)n2)cc1. The van der Waals surface area contributed by atoms with Crippen LogP contribution >= 0.6 is 0 Å². The number of esters is 2. The van der Waals surface area contributed by atoms with E-state index in [0.29, 0.717) is 22.4 Å². The lowest BCUT2D eigenvalue weighted by Gasteiger charge is -2.21. The van der Waals surface area contributed by atoms with Gasteiger partial charge in [-0.3, -0.25) is 25.6 Å². The number of nitrogens with zero attached hydrogens (tertiary/aromatic N) is 5. The fourth-order valence-electron chi connectivity index (χ4n) is 6.03. The van der Waals surface area contributed by atoms with Crippen LogP contribution < -0.4 is 23.7 Å². The number of hydrogen-bond acceptors (Lipinski definition) is 21. The first-order chi connectivity index (χ1) is 32.9. The van der Waals surface area contributed by atoms with E-state index >= 15 is 0 Å². The Morgan fingerprint density at radius 3 is 1.84 bits per heavy atom. The van der Waals surface area contributed by atoms with Crippen LogP contribution in [0.5, 0.6) is 28.9 Å².